The van der Waals surface area contributed by atoms with Gasteiger partial charge in [-0.05, 0) is 29.7 Å². The number of imidazole rings is 1. The highest BCUT2D eigenvalue weighted by Crippen LogP contribution is 2.21. The lowest BCUT2D eigenvalue weighted by Gasteiger charge is -2.29. The van der Waals surface area contributed by atoms with Gasteiger partial charge in [0.05, 0.1) is 11.9 Å². The number of aryl methyl sites for hydroxylation is 1. The van der Waals surface area contributed by atoms with Gasteiger partial charge in [-0.3, -0.25) is 0 Å². The molecule has 3 N–H and O–H groups in total. The number of aromatic nitrogens is 5. The van der Waals surface area contributed by atoms with Gasteiger partial charge in [0.1, 0.15) is 5.82 Å². The summed E-state index contributed by atoms with van der Waals surface area (Å²) < 4.78 is 1.64. The highest BCUT2D eigenvalue weighted by atomic mass is 35.5. The number of piperazine rings is 1. The minimum atomic E-state index is 0.104. The zero-order valence-corrected chi connectivity index (χ0v) is 14.7. The molecule has 0 amide bonds. The number of nitrogens with two attached hydrogens (primary N) is 1. The van der Waals surface area contributed by atoms with E-state index in [-0.39, 0.29) is 11.1 Å². The fourth-order valence-electron chi connectivity index (χ4n) is 3.18. The highest BCUT2D eigenvalue weighted by Gasteiger charge is 2.15. The fourth-order valence-corrected chi connectivity index (χ4v) is 3.35. The maximum atomic E-state index is 5.91. The minimum Gasteiger partial charge on any atom is -0.380 e. The van der Waals surface area contributed by atoms with Crippen molar-refractivity contribution in [3.05, 3.63) is 40.6 Å². The second kappa shape index (κ2) is 6.45. The molecule has 0 spiro atoms. The maximum absolute atomic E-state index is 5.91. The monoisotopic (exact) mass is 358 g/mol. The van der Waals surface area contributed by atoms with Crippen LogP contribution >= 0.6 is 11.6 Å². The van der Waals surface area contributed by atoms with Gasteiger partial charge in [-0.15, -0.1) is 5.10 Å². The van der Waals surface area contributed by atoms with Crippen LogP contribution in [0.4, 0.5) is 11.6 Å². The molecule has 0 saturated carbocycles. The van der Waals surface area contributed by atoms with Crippen molar-refractivity contribution < 1.29 is 0 Å². The summed E-state index contributed by atoms with van der Waals surface area (Å²) in [5.41, 5.74) is 9.51. The van der Waals surface area contributed by atoms with E-state index >= 15 is 0 Å². The molecular weight excluding hydrogens is 340 g/mol. The van der Waals surface area contributed by atoms with Gasteiger partial charge in [0.2, 0.25) is 5.28 Å². The molecule has 1 aliphatic heterocycles. The first kappa shape index (κ1) is 16.0. The summed E-state index contributed by atoms with van der Waals surface area (Å²) in [4.78, 5) is 15.2. The van der Waals surface area contributed by atoms with Crippen molar-refractivity contribution in [2.45, 2.75) is 13.3 Å². The molecule has 9 heteroatoms. The Morgan fingerprint density at radius 3 is 2.80 bits per heavy atom. The molecule has 4 heterocycles. The van der Waals surface area contributed by atoms with Crippen LogP contribution in [0.2, 0.25) is 5.28 Å². The number of fused-ring (bicyclic) bond motifs is 1. The smallest absolute Gasteiger partial charge is 0.243 e. The first-order valence-corrected chi connectivity index (χ1v) is 8.56. The largest absolute Gasteiger partial charge is 0.380 e. The van der Waals surface area contributed by atoms with Crippen molar-refractivity contribution in [2.75, 3.05) is 36.8 Å². The second-order valence-corrected chi connectivity index (χ2v) is 6.49. The van der Waals surface area contributed by atoms with E-state index in [1.54, 1.807) is 10.7 Å². The summed E-state index contributed by atoms with van der Waals surface area (Å²) in [7, 11) is 0. The SMILES string of the molecule is Cc1cc(Cc2cnc3c(N)nc(Cl)nn23)cnc1N1CCNCC1. The van der Waals surface area contributed by atoms with E-state index in [9.17, 15) is 0 Å². The van der Waals surface area contributed by atoms with Crippen LogP contribution in [0.3, 0.4) is 0 Å². The van der Waals surface area contributed by atoms with Crippen LogP contribution in [-0.4, -0.2) is 50.7 Å². The summed E-state index contributed by atoms with van der Waals surface area (Å²) in [6.07, 6.45) is 4.30. The van der Waals surface area contributed by atoms with Crippen LogP contribution in [0.25, 0.3) is 5.65 Å². The Labute approximate surface area is 150 Å². The Kier molecular flexibility index (Phi) is 4.14. The molecule has 25 heavy (non-hydrogen) atoms. The molecule has 130 valence electrons. The third-order valence-corrected chi connectivity index (χ3v) is 4.50. The number of pyridine rings is 1. The standard InChI is InChI=1S/C16H19ClN8/c1-10-6-11(8-20-14(10)24-4-2-19-3-5-24)7-12-9-21-15-13(18)22-16(17)23-25(12)15/h6,8-9,19H,2-5,7H2,1H3,(H2,18,22,23). The first-order valence-electron chi connectivity index (χ1n) is 8.18. The Balaban J connectivity index is 1.62. The molecule has 0 atom stereocenters. The number of nitrogens with one attached hydrogen (secondary N) is 1. The number of anilines is 2. The summed E-state index contributed by atoms with van der Waals surface area (Å²) >= 11 is 5.91. The molecule has 0 aliphatic carbocycles. The van der Waals surface area contributed by atoms with Gasteiger partial charge in [-0.25, -0.2) is 14.5 Å². The van der Waals surface area contributed by atoms with Crippen LogP contribution in [-0.2, 0) is 6.42 Å². The van der Waals surface area contributed by atoms with Gasteiger partial charge >= 0.3 is 0 Å². The minimum absolute atomic E-state index is 0.104. The molecule has 0 aromatic carbocycles. The number of hydrogen-bond acceptors (Lipinski definition) is 7. The predicted octanol–water partition coefficient (Wildman–Crippen LogP) is 1.06. The number of nitrogens with zero attached hydrogens (tertiary/aromatic N) is 6. The van der Waals surface area contributed by atoms with Gasteiger partial charge in [-0.1, -0.05) is 6.07 Å². The fraction of sp³-hybridized carbons (Fsp3) is 0.375. The van der Waals surface area contributed by atoms with E-state index in [4.69, 9.17) is 17.3 Å². The van der Waals surface area contributed by atoms with Crippen LogP contribution in [0.5, 0.6) is 0 Å². The third-order valence-electron chi connectivity index (χ3n) is 4.34. The number of hydrogen-bond donors (Lipinski definition) is 2. The van der Waals surface area contributed by atoms with Crippen molar-refractivity contribution in [1.82, 2.24) is 29.9 Å². The average Bonchev–Trinajstić information content (AvgIpc) is 2.99. The Bertz CT molecular complexity index is 916. The lowest BCUT2D eigenvalue weighted by atomic mass is 10.1. The molecule has 0 unspecified atom stereocenters. The van der Waals surface area contributed by atoms with Gasteiger partial charge in [-0.2, -0.15) is 4.98 Å². The van der Waals surface area contributed by atoms with Crippen LogP contribution in [0, 0.1) is 6.92 Å². The van der Waals surface area contributed by atoms with E-state index in [0.717, 1.165) is 43.3 Å². The quantitative estimate of drug-likeness (QED) is 0.722. The molecule has 1 saturated heterocycles. The Morgan fingerprint density at radius 2 is 2.04 bits per heavy atom. The Hall–Kier alpha value is -2.45. The van der Waals surface area contributed by atoms with E-state index < -0.39 is 0 Å². The molecule has 3 aromatic heterocycles. The van der Waals surface area contributed by atoms with Gasteiger partial charge in [0.15, 0.2) is 11.5 Å². The van der Waals surface area contributed by atoms with Gasteiger partial charge in [0.25, 0.3) is 0 Å². The van der Waals surface area contributed by atoms with Crippen molar-refractivity contribution in [1.29, 1.82) is 0 Å². The molecule has 4 rings (SSSR count). The summed E-state index contributed by atoms with van der Waals surface area (Å²) in [5, 5.41) is 7.66. The third kappa shape index (κ3) is 3.10. The van der Waals surface area contributed by atoms with Crippen molar-refractivity contribution in [3.63, 3.8) is 0 Å². The zero-order valence-electron chi connectivity index (χ0n) is 13.9. The normalized spacial score (nSPS) is 15.0. The molecular formula is C16H19ClN8. The van der Waals surface area contributed by atoms with Crippen LogP contribution in [0.15, 0.2) is 18.5 Å². The molecule has 0 radical (unpaired) electrons. The molecule has 1 fully saturated rings. The molecule has 8 nitrogen and oxygen atoms in total. The second-order valence-electron chi connectivity index (χ2n) is 6.15. The summed E-state index contributed by atoms with van der Waals surface area (Å²) in [6, 6.07) is 2.16. The van der Waals surface area contributed by atoms with Crippen LogP contribution < -0.4 is 16.0 Å². The van der Waals surface area contributed by atoms with Gasteiger partial charge in [0, 0.05) is 38.8 Å². The first-order chi connectivity index (χ1) is 12.1. The number of nitrogen functional groups attached to an aromatic ring is 1. The van der Waals surface area contributed by atoms with Crippen molar-refractivity contribution in [2.24, 2.45) is 0 Å². The van der Waals surface area contributed by atoms with E-state index in [2.05, 4.69) is 43.3 Å². The zero-order chi connectivity index (χ0) is 17.4. The topological polar surface area (TPSA) is 97.3 Å². The summed E-state index contributed by atoms with van der Waals surface area (Å²) in [6.45, 7) is 6.04. The predicted molar refractivity (Wildman–Crippen MR) is 97.1 cm³/mol. The Morgan fingerprint density at radius 1 is 1.24 bits per heavy atom. The number of halogens is 1. The van der Waals surface area contributed by atoms with Crippen LogP contribution in [0.1, 0.15) is 16.8 Å². The lowest BCUT2D eigenvalue weighted by molar-refractivity contribution is 0.584. The summed E-state index contributed by atoms with van der Waals surface area (Å²) in [5.74, 6) is 1.33. The average molecular weight is 359 g/mol. The highest BCUT2D eigenvalue weighted by molar-refractivity contribution is 6.28. The van der Waals surface area contributed by atoms with Crippen molar-refractivity contribution in [3.8, 4) is 0 Å². The molecule has 3 aromatic rings. The number of rotatable bonds is 3. The van der Waals surface area contributed by atoms with E-state index in [1.165, 1.54) is 5.56 Å². The van der Waals surface area contributed by atoms with E-state index in [0.29, 0.717) is 12.1 Å². The van der Waals surface area contributed by atoms with Gasteiger partial charge < -0.3 is 16.0 Å². The maximum Gasteiger partial charge on any atom is 0.243 e. The van der Waals surface area contributed by atoms with E-state index in [1.807, 2.05) is 6.20 Å². The lowest BCUT2D eigenvalue weighted by Crippen LogP contribution is -2.44. The van der Waals surface area contributed by atoms with Crippen molar-refractivity contribution >= 4 is 28.9 Å². The molecule has 0 bridgehead atoms. The molecule has 1 aliphatic rings.